The maximum atomic E-state index is 11.8. The number of hydrogen-bond donors (Lipinski definition) is 3. The van der Waals surface area contributed by atoms with Crippen LogP contribution < -0.4 is 15.4 Å². The zero-order valence-corrected chi connectivity index (χ0v) is 15.5. The minimum absolute atomic E-state index is 0.141. The van der Waals surface area contributed by atoms with Gasteiger partial charge in [0.25, 0.3) is 0 Å². The topological polar surface area (TPSA) is 91.8 Å². The van der Waals surface area contributed by atoms with Gasteiger partial charge in [0.2, 0.25) is 0 Å². The van der Waals surface area contributed by atoms with Gasteiger partial charge in [-0.25, -0.2) is 9.59 Å². The fourth-order valence-electron chi connectivity index (χ4n) is 1.36. The predicted molar refractivity (Wildman–Crippen MR) is 97.1 cm³/mol. The van der Waals surface area contributed by atoms with Gasteiger partial charge >= 0.3 is 18.1 Å². The van der Waals surface area contributed by atoms with Crippen LogP contribution in [0.5, 0.6) is 0 Å². The first-order valence-corrected chi connectivity index (χ1v) is 8.29. The number of aliphatic imine (C=N–C) groups is 1. The first-order valence-electron chi connectivity index (χ1n) is 7.09. The van der Waals surface area contributed by atoms with Crippen LogP contribution in [0.1, 0.15) is 26.3 Å². The number of amides is 4. The maximum absolute atomic E-state index is 11.8. The highest BCUT2D eigenvalue weighted by Gasteiger charge is 2.14. The summed E-state index contributed by atoms with van der Waals surface area (Å²) in [4.78, 5) is 27.1. The van der Waals surface area contributed by atoms with Crippen molar-refractivity contribution in [1.29, 1.82) is 0 Å². The Kier molecular flexibility index (Phi) is 7.87. The van der Waals surface area contributed by atoms with Crippen LogP contribution in [0.2, 0.25) is 5.02 Å². The molecule has 0 spiro atoms. The summed E-state index contributed by atoms with van der Waals surface area (Å²) in [5.74, 6) is 0. The fraction of sp³-hybridized carbons (Fsp3) is 0.400. The molecule has 0 bridgehead atoms. The molecular formula is C15H21ClN4O3S. The van der Waals surface area contributed by atoms with Gasteiger partial charge in [-0.1, -0.05) is 23.7 Å². The summed E-state index contributed by atoms with van der Waals surface area (Å²) in [7, 11) is 1.31. The number of ether oxygens (including phenoxy) is 1. The lowest BCUT2D eigenvalue weighted by atomic mass is 10.2. The zero-order chi connectivity index (χ0) is 18.2. The van der Waals surface area contributed by atoms with Gasteiger partial charge in [0, 0.05) is 16.3 Å². The third-order valence-corrected chi connectivity index (χ3v) is 3.58. The van der Waals surface area contributed by atoms with Crippen molar-refractivity contribution in [3.8, 4) is 0 Å². The molecule has 0 heterocycles. The summed E-state index contributed by atoms with van der Waals surface area (Å²) < 4.78 is 7.33. The highest BCUT2D eigenvalue weighted by Crippen LogP contribution is 2.18. The van der Waals surface area contributed by atoms with E-state index >= 15 is 0 Å². The molecule has 0 radical (unpaired) electrons. The molecule has 1 rings (SSSR count). The highest BCUT2D eigenvalue weighted by molar-refractivity contribution is 7.99. The van der Waals surface area contributed by atoms with Crippen molar-refractivity contribution in [2.45, 2.75) is 32.1 Å². The standard InChI is InChI=1S/C15H21ClN4O3S/c1-15(2,3)24-20-13(22)19-14(23-4)18-12(21)17-9-10-5-7-11(16)8-6-10/h5-8H,9H2,1-4H3,(H3,17,18,19,20,21,22). The van der Waals surface area contributed by atoms with Gasteiger partial charge in [0.15, 0.2) is 0 Å². The first-order chi connectivity index (χ1) is 11.2. The summed E-state index contributed by atoms with van der Waals surface area (Å²) in [5.41, 5.74) is 0.870. The zero-order valence-electron chi connectivity index (χ0n) is 14.0. The third kappa shape index (κ3) is 8.64. The number of carbonyl (C=O) groups is 2. The Morgan fingerprint density at radius 2 is 1.88 bits per heavy atom. The van der Waals surface area contributed by atoms with Gasteiger partial charge in [0.1, 0.15) is 0 Å². The molecule has 0 aliphatic carbocycles. The fourth-order valence-corrected chi connectivity index (χ4v) is 1.93. The van der Waals surface area contributed by atoms with E-state index in [-0.39, 0.29) is 17.3 Å². The Morgan fingerprint density at radius 3 is 2.42 bits per heavy atom. The van der Waals surface area contributed by atoms with Crippen molar-refractivity contribution in [2.24, 2.45) is 4.99 Å². The van der Waals surface area contributed by atoms with E-state index in [9.17, 15) is 9.59 Å². The van der Waals surface area contributed by atoms with E-state index in [1.54, 1.807) is 24.3 Å². The van der Waals surface area contributed by atoms with Gasteiger partial charge < -0.3 is 10.1 Å². The van der Waals surface area contributed by atoms with Crippen LogP contribution in [-0.2, 0) is 11.3 Å². The molecule has 0 saturated heterocycles. The Hall–Kier alpha value is -1.93. The van der Waals surface area contributed by atoms with Crippen molar-refractivity contribution in [2.75, 3.05) is 7.11 Å². The molecule has 0 atom stereocenters. The quantitative estimate of drug-likeness (QED) is 0.431. The summed E-state index contributed by atoms with van der Waals surface area (Å²) in [6.07, 6.45) is 0. The number of methoxy groups -OCH3 is 1. The first kappa shape index (κ1) is 20.1. The number of carbonyl (C=O) groups excluding carboxylic acids is 2. The SMILES string of the molecule is COC(=NC(=O)NCc1ccc(Cl)cc1)NC(=O)NSC(C)(C)C. The minimum Gasteiger partial charge on any atom is -0.468 e. The monoisotopic (exact) mass is 372 g/mol. The van der Waals surface area contributed by atoms with E-state index in [2.05, 4.69) is 20.3 Å². The van der Waals surface area contributed by atoms with E-state index in [4.69, 9.17) is 16.3 Å². The van der Waals surface area contributed by atoms with Crippen LogP contribution >= 0.6 is 23.5 Å². The van der Waals surface area contributed by atoms with E-state index in [0.717, 1.165) is 5.56 Å². The number of benzene rings is 1. The van der Waals surface area contributed by atoms with Crippen LogP contribution in [0, 0.1) is 0 Å². The second-order valence-electron chi connectivity index (χ2n) is 5.68. The lowest BCUT2D eigenvalue weighted by Crippen LogP contribution is -2.39. The largest absolute Gasteiger partial charge is 0.468 e. The van der Waals surface area contributed by atoms with Crippen LogP contribution in [0.25, 0.3) is 0 Å². The van der Waals surface area contributed by atoms with Crippen LogP contribution in [-0.4, -0.2) is 29.9 Å². The molecule has 9 heteroatoms. The number of halogens is 1. The highest BCUT2D eigenvalue weighted by atomic mass is 35.5. The normalized spacial score (nSPS) is 11.6. The van der Waals surface area contributed by atoms with Crippen molar-refractivity contribution >= 4 is 41.6 Å². The molecule has 3 N–H and O–H groups in total. The summed E-state index contributed by atoms with van der Waals surface area (Å²) in [6.45, 7) is 6.14. The molecule has 132 valence electrons. The minimum atomic E-state index is -0.634. The number of rotatable bonds is 3. The van der Waals surface area contributed by atoms with Crippen LogP contribution in [0.3, 0.4) is 0 Å². The molecule has 0 aromatic heterocycles. The van der Waals surface area contributed by atoms with Crippen molar-refractivity contribution in [1.82, 2.24) is 15.4 Å². The van der Waals surface area contributed by atoms with Gasteiger partial charge in [-0.3, -0.25) is 10.0 Å². The molecule has 4 amide bonds. The molecule has 24 heavy (non-hydrogen) atoms. The number of nitrogens with zero attached hydrogens (tertiary/aromatic N) is 1. The van der Waals surface area contributed by atoms with Gasteiger partial charge in [-0.15, -0.1) is 4.99 Å². The van der Waals surface area contributed by atoms with E-state index in [1.165, 1.54) is 19.1 Å². The van der Waals surface area contributed by atoms with E-state index in [0.29, 0.717) is 5.02 Å². The molecule has 1 aromatic rings. The van der Waals surface area contributed by atoms with Gasteiger partial charge in [-0.2, -0.15) is 0 Å². The second kappa shape index (κ2) is 9.39. The number of hydrogen-bond acceptors (Lipinski definition) is 4. The smallest absolute Gasteiger partial charge is 0.345 e. The number of nitrogens with one attached hydrogen (secondary N) is 3. The maximum Gasteiger partial charge on any atom is 0.345 e. The lowest BCUT2D eigenvalue weighted by molar-refractivity contribution is 0.245. The van der Waals surface area contributed by atoms with E-state index in [1.807, 2.05) is 20.8 Å². The van der Waals surface area contributed by atoms with Gasteiger partial charge in [-0.05, 0) is 50.4 Å². The third-order valence-electron chi connectivity index (χ3n) is 2.42. The molecule has 0 fully saturated rings. The van der Waals surface area contributed by atoms with Gasteiger partial charge in [0.05, 0.1) is 7.11 Å². The van der Waals surface area contributed by atoms with Crippen molar-refractivity contribution in [3.05, 3.63) is 34.9 Å². The van der Waals surface area contributed by atoms with Crippen molar-refractivity contribution in [3.63, 3.8) is 0 Å². The summed E-state index contributed by atoms with van der Waals surface area (Å²) in [5, 5.41) is 5.56. The molecule has 0 aliphatic heterocycles. The Balaban J connectivity index is 2.49. The van der Waals surface area contributed by atoms with E-state index < -0.39 is 12.1 Å². The molecule has 0 aliphatic rings. The number of amidine groups is 1. The van der Waals surface area contributed by atoms with Crippen LogP contribution in [0.15, 0.2) is 29.3 Å². The lowest BCUT2D eigenvalue weighted by Gasteiger charge is -2.17. The van der Waals surface area contributed by atoms with Crippen molar-refractivity contribution < 1.29 is 14.3 Å². The second-order valence-corrected chi connectivity index (χ2v) is 7.75. The molecule has 0 saturated carbocycles. The average molecular weight is 373 g/mol. The molecular weight excluding hydrogens is 352 g/mol. The van der Waals surface area contributed by atoms with Crippen LogP contribution in [0.4, 0.5) is 9.59 Å². The average Bonchev–Trinajstić information content (AvgIpc) is 2.51. The Labute approximate surface area is 150 Å². The molecule has 7 nitrogen and oxygen atoms in total. The predicted octanol–water partition coefficient (Wildman–Crippen LogP) is 3.30. The molecule has 1 aromatic carbocycles. The Morgan fingerprint density at radius 1 is 1.25 bits per heavy atom. The molecule has 0 unspecified atom stereocenters. The summed E-state index contributed by atoms with van der Waals surface area (Å²) in [6, 6.07) is 5.68. The Bertz CT molecular complexity index is 600. The summed E-state index contributed by atoms with van der Waals surface area (Å²) >= 11 is 7.03. The number of urea groups is 2.